The van der Waals surface area contributed by atoms with Crippen molar-refractivity contribution in [3.05, 3.63) is 76.8 Å². The van der Waals surface area contributed by atoms with Crippen molar-refractivity contribution < 1.29 is 13.9 Å². The summed E-state index contributed by atoms with van der Waals surface area (Å²) < 4.78 is 20.8. The molecule has 1 N–H and O–H groups in total. The molecule has 0 aliphatic rings. The third-order valence-electron chi connectivity index (χ3n) is 4.36. The zero-order chi connectivity index (χ0) is 22.4. The van der Waals surface area contributed by atoms with Crippen LogP contribution in [-0.2, 0) is 17.9 Å². The summed E-state index contributed by atoms with van der Waals surface area (Å²) in [6.45, 7) is 8.25. The van der Waals surface area contributed by atoms with E-state index in [0.29, 0.717) is 23.3 Å². The highest BCUT2D eigenvalue weighted by Gasteiger charge is 2.15. The van der Waals surface area contributed by atoms with E-state index in [1.165, 1.54) is 30.0 Å². The molecule has 0 saturated carbocycles. The summed E-state index contributed by atoms with van der Waals surface area (Å²) in [6.07, 6.45) is 1.71. The van der Waals surface area contributed by atoms with Gasteiger partial charge in [0.15, 0.2) is 11.0 Å². The van der Waals surface area contributed by atoms with E-state index in [0.717, 1.165) is 16.8 Å². The Balaban J connectivity index is 1.64. The van der Waals surface area contributed by atoms with Crippen LogP contribution in [0, 0.1) is 19.7 Å². The van der Waals surface area contributed by atoms with E-state index in [2.05, 4.69) is 22.1 Å². The first-order chi connectivity index (χ1) is 14.9. The molecule has 2 aromatic carbocycles. The van der Waals surface area contributed by atoms with E-state index in [4.69, 9.17) is 16.3 Å². The molecule has 0 aliphatic carbocycles. The number of ether oxygens (including phenoxy) is 1. The molecule has 0 atom stereocenters. The molecule has 0 bridgehead atoms. The number of carbonyl (C=O) groups is 1. The van der Waals surface area contributed by atoms with Crippen LogP contribution in [0.25, 0.3) is 0 Å². The standard InChI is InChI=1S/C22H22ClFN4O2S/c1-4-9-28-20(12-30-16-7-8-18(24)17(23)11-16)26-27-22(28)31-13-21(29)25-19-10-14(2)5-6-15(19)3/h4-8,10-11H,1,9,12-13H2,2-3H3,(H,25,29). The number of halogens is 2. The van der Waals surface area contributed by atoms with Crippen LogP contribution in [0.1, 0.15) is 17.0 Å². The van der Waals surface area contributed by atoms with Gasteiger partial charge in [-0.15, -0.1) is 16.8 Å². The summed E-state index contributed by atoms with van der Waals surface area (Å²) in [5.41, 5.74) is 2.87. The average molecular weight is 461 g/mol. The third-order valence-corrected chi connectivity index (χ3v) is 5.62. The van der Waals surface area contributed by atoms with Crippen LogP contribution in [-0.4, -0.2) is 26.4 Å². The molecule has 6 nitrogen and oxygen atoms in total. The molecule has 1 aromatic heterocycles. The van der Waals surface area contributed by atoms with Gasteiger partial charge in [-0.3, -0.25) is 9.36 Å². The van der Waals surface area contributed by atoms with Crippen molar-refractivity contribution in [3.8, 4) is 5.75 Å². The molecule has 0 spiro atoms. The van der Waals surface area contributed by atoms with Gasteiger partial charge in [0.1, 0.15) is 18.2 Å². The largest absolute Gasteiger partial charge is 0.486 e. The fourth-order valence-electron chi connectivity index (χ4n) is 2.75. The highest BCUT2D eigenvalue weighted by atomic mass is 35.5. The van der Waals surface area contributed by atoms with E-state index < -0.39 is 5.82 Å². The molecule has 0 aliphatic heterocycles. The molecule has 31 heavy (non-hydrogen) atoms. The minimum Gasteiger partial charge on any atom is -0.486 e. The van der Waals surface area contributed by atoms with Gasteiger partial charge in [-0.2, -0.15) is 0 Å². The number of anilines is 1. The van der Waals surface area contributed by atoms with Gasteiger partial charge in [-0.1, -0.05) is 41.6 Å². The molecular weight excluding hydrogens is 439 g/mol. The Hall–Kier alpha value is -2.84. The number of rotatable bonds is 9. The van der Waals surface area contributed by atoms with Crippen LogP contribution in [0.3, 0.4) is 0 Å². The Morgan fingerprint density at radius 3 is 2.84 bits per heavy atom. The van der Waals surface area contributed by atoms with Crippen LogP contribution in [0.2, 0.25) is 5.02 Å². The molecule has 162 valence electrons. The monoisotopic (exact) mass is 460 g/mol. The van der Waals surface area contributed by atoms with E-state index in [-0.39, 0.29) is 23.3 Å². The number of nitrogens with one attached hydrogen (secondary N) is 1. The van der Waals surface area contributed by atoms with Crippen LogP contribution in [0.15, 0.2) is 54.2 Å². The maximum absolute atomic E-state index is 13.3. The van der Waals surface area contributed by atoms with Crippen molar-refractivity contribution in [3.63, 3.8) is 0 Å². The first-order valence-corrected chi connectivity index (χ1v) is 10.8. The lowest BCUT2D eigenvalue weighted by atomic mass is 10.1. The SMILES string of the molecule is C=CCn1c(COc2ccc(F)c(Cl)c2)nnc1SCC(=O)Nc1cc(C)ccc1C. The molecule has 0 saturated heterocycles. The highest BCUT2D eigenvalue weighted by Crippen LogP contribution is 2.23. The maximum atomic E-state index is 13.3. The molecular formula is C22H22ClFN4O2S. The fourth-order valence-corrected chi connectivity index (χ4v) is 3.68. The van der Waals surface area contributed by atoms with Gasteiger partial charge in [0.05, 0.1) is 10.8 Å². The predicted octanol–water partition coefficient (Wildman–Crippen LogP) is 5.18. The maximum Gasteiger partial charge on any atom is 0.234 e. The van der Waals surface area contributed by atoms with Crippen LogP contribution < -0.4 is 10.1 Å². The molecule has 3 rings (SSSR count). The number of thioether (sulfide) groups is 1. The lowest BCUT2D eigenvalue weighted by Crippen LogP contribution is -2.15. The zero-order valence-electron chi connectivity index (χ0n) is 17.2. The molecule has 9 heteroatoms. The highest BCUT2D eigenvalue weighted by molar-refractivity contribution is 7.99. The minimum atomic E-state index is -0.512. The quantitative estimate of drug-likeness (QED) is 0.352. The second-order valence-corrected chi connectivity index (χ2v) is 8.17. The lowest BCUT2D eigenvalue weighted by Gasteiger charge is -2.11. The van der Waals surface area contributed by atoms with Crippen molar-refractivity contribution in [1.82, 2.24) is 14.8 Å². The lowest BCUT2D eigenvalue weighted by molar-refractivity contribution is -0.113. The Morgan fingerprint density at radius 1 is 1.29 bits per heavy atom. The zero-order valence-corrected chi connectivity index (χ0v) is 18.8. The predicted molar refractivity (Wildman–Crippen MR) is 121 cm³/mol. The average Bonchev–Trinajstić information content (AvgIpc) is 3.12. The van der Waals surface area contributed by atoms with Crippen molar-refractivity contribution in [2.45, 2.75) is 32.2 Å². The summed E-state index contributed by atoms with van der Waals surface area (Å²) in [6, 6.07) is 10.0. The summed E-state index contributed by atoms with van der Waals surface area (Å²) in [5, 5.41) is 11.8. The number of hydrogen-bond acceptors (Lipinski definition) is 5. The third kappa shape index (κ3) is 6.08. The second-order valence-electron chi connectivity index (χ2n) is 6.82. The summed E-state index contributed by atoms with van der Waals surface area (Å²) in [5.74, 6) is 0.503. The van der Waals surface area contributed by atoms with E-state index in [9.17, 15) is 9.18 Å². The van der Waals surface area contributed by atoms with Gasteiger partial charge in [0, 0.05) is 18.3 Å². The summed E-state index contributed by atoms with van der Waals surface area (Å²) in [4.78, 5) is 12.4. The summed E-state index contributed by atoms with van der Waals surface area (Å²) >= 11 is 7.06. The molecule has 0 unspecified atom stereocenters. The van der Waals surface area contributed by atoms with Crippen LogP contribution >= 0.6 is 23.4 Å². The van der Waals surface area contributed by atoms with Gasteiger partial charge in [0.25, 0.3) is 0 Å². The Morgan fingerprint density at radius 2 is 2.10 bits per heavy atom. The van der Waals surface area contributed by atoms with Crippen molar-refractivity contribution >= 4 is 35.0 Å². The van der Waals surface area contributed by atoms with Crippen molar-refractivity contribution in [1.29, 1.82) is 0 Å². The number of hydrogen-bond donors (Lipinski definition) is 1. The van der Waals surface area contributed by atoms with Gasteiger partial charge in [-0.25, -0.2) is 4.39 Å². The second kappa shape index (κ2) is 10.5. The Bertz CT molecular complexity index is 1100. The van der Waals surface area contributed by atoms with Gasteiger partial charge < -0.3 is 10.1 Å². The summed E-state index contributed by atoms with van der Waals surface area (Å²) in [7, 11) is 0. The Kier molecular flexibility index (Phi) is 7.70. The van der Waals surface area contributed by atoms with E-state index in [1.54, 1.807) is 6.08 Å². The number of aromatic nitrogens is 3. The van der Waals surface area contributed by atoms with Gasteiger partial charge in [-0.05, 0) is 43.2 Å². The minimum absolute atomic E-state index is 0.0174. The molecule has 1 heterocycles. The van der Waals surface area contributed by atoms with Crippen molar-refractivity contribution in [2.24, 2.45) is 0 Å². The topological polar surface area (TPSA) is 69.0 Å². The Labute approximate surface area is 189 Å². The number of carbonyl (C=O) groups excluding carboxylic acids is 1. The van der Waals surface area contributed by atoms with Crippen molar-refractivity contribution in [2.75, 3.05) is 11.1 Å². The fraction of sp³-hybridized carbons (Fsp3) is 0.227. The van der Waals surface area contributed by atoms with E-state index >= 15 is 0 Å². The number of benzene rings is 2. The number of amides is 1. The van der Waals surface area contributed by atoms with Crippen LogP contribution in [0.4, 0.5) is 10.1 Å². The van der Waals surface area contributed by atoms with E-state index in [1.807, 2.05) is 36.6 Å². The number of allylic oxidation sites excluding steroid dienone is 1. The molecule has 3 aromatic rings. The smallest absolute Gasteiger partial charge is 0.234 e. The van der Waals surface area contributed by atoms with Gasteiger partial charge >= 0.3 is 0 Å². The number of aryl methyl sites for hydroxylation is 2. The first-order valence-electron chi connectivity index (χ1n) is 9.48. The molecule has 0 fully saturated rings. The first kappa shape index (κ1) is 22.8. The number of nitrogens with zero attached hydrogens (tertiary/aromatic N) is 3. The molecule has 0 radical (unpaired) electrons. The molecule has 1 amide bonds. The van der Waals surface area contributed by atoms with Gasteiger partial charge in [0.2, 0.25) is 5.91 Å². The normalized spacial score (nSPS) is 10.7. The van der Waals surface area contributed by atoms with Crippen LogP contribution in [0.5, 0.6) is 5.75 Å².